The second kappa shape index (κ2) is 11.1. The molecule has 0 aromatic carbocycles. The minimum absolute atomic E-state index is 0.0827. The number of amides is 1. The van der Waals surface area contributed by atoms with Crippen molar-refractivity contribution >= 4 is 28.3 Å². The number of ether oxygens (including phenoxy) is 1. The summed E-state index contributed by atoms with van der Waals surface area (Å²) >= 11 is 1.16. The van der Waals surface area contributed by atoms with Crippen molar-refractivity contribution in [2.45, 2.75) is 111 Å². The lowest BCUT2D eigenvalue weighted by atomic mass is 9.43. The molecule has 10 atom stereocenters. The third-order valence-electron chi connectivity index (χ3n) is 11.8. The van der Waals surface area contributed by atoms with Crippen LogP contribution in [0.5, 0.6) is 0 Å². The normalized spacial score (nSPS) is 40.2. The average molecular weight is 561 g/mol. The number of rotatable bonds is 7. The standard InChI is InChI=1S/C31H48N2O5S/c1-6-38-28(37)27-18(3)32-29(39-27)33-26(36)12-7-17(2)22-10-11-23-21-9-8-19-15-20(34)13-14-30(19,4)24(21)16-25(35)31(22,23)5/h17,19-25,34-35H,6-16H2,1-5H3,(H,32,33,36)/t17-,19+,20-,21+,22+,23-,24-,25+,30+,31-/m1/s1. The number of aliphatic hydroxyl groups excluding tert-OH is 2. The molecule has 0 unspecified atom stereocenters. The van der Waals surface area contributed by atoms with Crippen LogP contribution in [0.15, 0.2) is 0 Å². The lowest BCUT2D eigenvalue weighted by molar-refractivity contribution is -0.174. The van der Waals surface area contributed by atoms with Crippen molar-refractivity contribution in [2.24, 2.45) is 46.3 Å². The van der Waals surface area contributed by atoms with Crippen LogP contribution in [0.2, 0.25) is 0 Å². The van der Waals surface area contributed by atoms with E-state index in [1.807, 2.05) is 0 Å². The van der Waals surface area contributed by atoms with E-state index in [1.165, 1.54) is 19.3 Å². The quantitative estimate of drug-likeness (QED) is 0.354. The van der Waals surface area contributed by atoms with Crippen molar-refractivity contribution in [3.63, 3.8) is 0 Å². The third kappa shape index (κ3) is 5.07. The zero-order valence-corrected chi connectivity index (χ0v) is 25.2. The Labute approximate surface area is 237 Å². The molecule has 4 aliphatic carbocycles. The van der Waals surface area contributed by atoms with E-state index in [2.05, 4.69) is 31.1 Å². The first-order valence-electron chi connectivity index (χ1n) is 15.3. The molecule has 0 radical (unpaired) electrons. The van der Waals surface area contributed by atoms with Crippen LogP contribution in [0.1, 0.15) is 107 Å². The Kier molecular flexibility index (Phi) is 8.22. The molecular weight excluding hydrogens is 512 g/mol. The number of aryl methyl sites for hydroxylation is 1. The van der Waals surface area contributed by atoms with Gasteiger partial charge in [0.05, 0.1) is 24.5 Å². The molecule has 1 heterocycles. The van der Waals surface area contributed by atoms with Gasteiger partial charge in [0.15, 0.2) is 5.13 Å². The minimum atomic E-state index is -0.400. The summed E-state index contributed by atoms with van der Waals surface area (Å²) in [6.45, 7) is 10.9. The first-order valence-corrected chi connectivity index (χ1v) is 16.1. The van der Waals surface area contributed by atoms with Gasteiger partial charge >= 0.3 is 5.97 Å². The molecular formula is C31H48N2O5S. The monoisotopic (exact) mass is 560 g/mol. The first kappa shape index (κ1) is 29.0. The summed E-state index contributed by atoms with van der Waals surface area (Å²) in [4.78, 5) is 29.7. The number of hydrogen-bond donors (Lipinski definition) is 3. The number of carbonyl (C=O) groups is 2. The molecule has 4 aliphatic rings. The number of nitrogens with zero attached hydrogens (tertiary/aromatic N) is 1. The molecule has 39 heavy (non-hydrogen) atoms. The molecule has 1 aromatic rings. The summed E-state index contributed by atoms with van der Waals surface area (Å²) in [5.41, 5.74) is 0.715. The van der Waals surface area contributed by atoms with E-state index in [4.69, 9.17) is 4.74 Å². The van der Waals surface area contributed by atoms with Crippen molar-refractivity contribution in [3.05, 3.63) is 10.6 Å². The van der Waals surface area contributed by atoms with Crippen LogP contribution in [-0.2, 0) is 9.53 Å². The van der Waals surface area contributed by atoms with E-state index < -0.39 is 5.97 Å². The van der Waals surface area contributed by atoms with Gasteiger partial charge in [-0.25, -0.2) is 9.78 Å². The van der Waals surface area contributed by atoms with Crippen LogP contribution >= 0.6 is 11.3 Å². The van der Waals surface area contributed by atoms with Gasteiger partial charge in [0.1, 0.15) is 4.88 Å². The van der Waals surface area contributed by atoms with Gasteiger partial charge in [0, 0.05) is 6.42 Å². The topological polar surface area (TPSA) is 109 Å². The Morgan fingerprint density at radius 1 is 1.13 bits per heavy atom. The molecule has 3 N–H and O–H groups in total. The van der Waals surface area contributed by atoms with Crippen LogP contribution in [0.25, 0.3) is 0 Å². The predicted octanol–water partition coefficient (Wildman–Crippen LogP) is 5.97. The van der Waals surface area contributed by atoms with E-state index in [1.54, 1.807) is 13.8 Å². The molecule has 1 amide bonds. The zero-order valence-electron chi connectivity index (χ0n) is 24.4. The maximum atomic E-state index is 12.8. The van der Waals surface area contributed by atoms with Crippen molar-refractivity contribution in [1.29, 1.82) is 0 Å². The number of anilines is 1. The van der Waals surface area contributed by atoms with Crippen molar-refractivity contribution < 1.29 is 24.5 Å². The Hall–Kier alpha value is -1.51. The molecule has 5 rings (SSSR count). The molecule has 0 saturated heterocycles. The van der Waals surface area contributed by atoms with Crippen LogP contribution in [0.3, 0.4) is 0 Å². The minimum Gasteiger partial charge on any atom is -0.462 e. The van der Waals surface area contributed by atoms with Gasteiger partial charge in [0.2, 0.25) is 5.91 Å². The number of hydrogen-bond acceptors (Lipinski definition) is 7. The van der Waals surface area contributed by atoms with E-state index in [9.17, 15) is 19.8 Å². The maximum Gasteiger partial charge on any atom is 0.350 e. The van der Waals surface area contributed by atoms with Crippen LogP contribution in [0, 0.1) is 53.3 Å². The number of fused-ring (bicyclic) bond motifs is 5. The van der Waals surface area contributed by atoms with Gasteiger partial charge in [-0.3, -0.25) is 4.79 Å². The summed E-state index contributed by atoms with van der Waals surface area (Å²) in [5.74, 6) is 2.60. The number of esters is 1. The summed E-state index contributed by atoms with van der Waals surface area (Å²) in [7, 11) is 0. The van der Waals surface area contributed by atoms with Crippen molar-refractivity contribution in [2.75, 3.05) is 11.9 Å². The highest BCUT2D eigenvalue weighted by Gasteiger charge is 2.63. The summed E-state index contributed by atoms with van der Waals surface area (Å²) in [5, 5.41) is 25.4. The molecule has 4 saturated carbocycles. The number of aliphatic hydroxyl groups is 2. The maximum absolute atomic E-state index is 12.8. The van der Waals surface area contributed by atoms with Gasteiger partial charge in [-0.2, -0.15) is 0 Å². The molecule has 0 aliphatic heterocycles. The SMILES string of the molecule is CCOC(=O)c1sc(NC(=O)CC[C@@H](C)[C@@H]2CC[C@@H]3[C@@H]4CC[C@H]5C[C@H](O)CC[C@]5(C)[C@@H]4C[C@H](O)[C@@]32C)nc1C. The number of thiazole rings is 1. The van der Waals surface area contributed by atoms with Gasteiger partial charge in [-0.05, 0) is 118 Å². The van der Waals surface area contributed by atoms with E-state index in [0.29, 0.717) is 64.2 Å². The molecule has 1 aromatic heterocycles. The highest BCUT2D eigenvalue weighted by Crippen LogP contribution is 2.68. The summed E-state index contributed by atoms with van der Waals surface area (Å²) < 4.78 is 5.08. The highest BCUT2D eigenvalue weighted by molar-refractivity contribution is 7.17. The summed E-state index contributed by atoms with van der Waals surface area (Å²) in [6, 6.07) is 0. The molecule has 0 spiro atoms. The van der Waals surface area contributed by atoms with Gasteiger partial charge < -0.3 is 20.3 Å². The Morgan fingerprint density at radius 2 is 1.90 bits per heavy atom. The number of aromatic nitrogens is 1. The van der Waals surface area contributed by atoms with Crippen molar-refractivity contribution in [3.8, 4) is 0 Å². The van der Waals surface area contributed by atoms with Crippen LogP contribution in [-0.4, -0.2) is 45.9 Å². The molecule has 7 nitrogen and oxygen atoms in total. The Balaban J connectivity index is 1.21. The predicted molar refractivity (Wildman–Crippen MR) is 152 cm³/mol. The molecule has 0 bridgehead atoms. The van der Waals surface area contributed by atoms with Crippen molar-refractivity contribution in [1.82, 2.24) is 4.98 Å². The number of carbonyl (C=O) groups excluding carboxylic acids is 2. The molecule has 8 heteroatoms. The fraction of sp³-hybridized carbons (Fsp3) is 0.839. The highest BCUT2D eigenvalue weighted by atomic mass is 32.1. The smallest absolute Gasteiger partial charge is 0.350 e. The third-order valence-corrected chi connectivity index (χ3v) is 12.9. The zero-order chi connectivity index (χ0) is 28.1. The average Bonchev–Trinajstić information content (AvgIpc) is 3.44. The van der Waals surface area contributed by atoms with Gasteiger partial charge in [-0.15, -0.1) is 0 Å². The lowest BCUT2D eigenvalue weighted by Gasteiger charge is -2.62. The fourth-order valence-electron chi connectivity index (χ4n) is 9.74. The second-order valence-corrected chi connectivity index (χ2v) is 14.6. The largest absolute Gasteiger partial charge is 0.462 e. The molecule has 4 fully saturated rings. The van der Waals surface area contributed by atoms with E-state index in [-0.39, 0.29) is 28.9 Å². The Morgan fingerprint density at radius 3 is 2.64 bits per heavy atom. The van der Waals surface area contributed by atoms with Gasteiger partial charge in [-0.1, -0.05) is 32.1 Å². The number of nitrogens with one attached hydrogen (secondary N) is 1. The van der Waals surface area contributed by atoms with Crippen LogP contribution < -0.4 is 5.32 Å². The first-order chi connectivity index (χ1) is 18.5. The molecule has 218 valence electrons. The summed E-state index contributed by atoms with van der Waals surface area (Å²) in [6.07, 6.45) is 9.27. The lowest BCUT2D eigenvalue weighted by Crippen LogP contribution is -2.58. The van der Waals surface area contributed by atoms with E-state index >= 15 is 0 Å². The van der Waals surface area contributed by atoms with Gasteiger partial charge in [0.25, 0.3) is 0 Å². The van der Waals surface area contributed by atoms with Crippen LogP contribution in [0.4, 0.5) is 5.13 Å². The second-order valence-electron chi connectivity index (χ2n) is 13.6. The van der Waals surface area contributed by atoms with E-state index in [0.717, 1.165) is 49.9 Å². The fourth-order valence-corrected chi connectivity index (χ4v) is 10.6. The Bertz CT molecular complexity index is 1080.